The van der Waals surface area contributed by atoms with E-state index < -0.39 is 28.0 Å². The Labute approximate surface area is 112 Å². The van der Waals surface area contributed by atoms with Crippen LogP contribution in [0.1, 0.15) is 26.5 Å². The van der Waals surface area contributed by atoms with E-state index in [0.29, 0.717) is 5.76 Å². The zero-order valence-corrected chi connectivity index (χ0v) is 11.6. The maximum absolute atomic E-state index is 12.8. The quantitative estimate of drug-likeness (QED) is 0.926. The highest BCUT2D eigenvalue weighted by Gasteiger charge is 2.40. The van der Waals surface area contributed by atoms with E-state index in [2.05, 4.69) is 4.72 Å². The van der Waals surface area contributed by atoms with Crippen molar-refractivity contribution in [2.24, 2.45) is 0 Å². The van der Waals surface area contributed by atoms with Gasteiger partial charge in [0, 0.05) is 0 Å². The molecule has 1 aromatic rings. The summed E-state index contributed by atoms with van der Waals surface area (Å²) in [5, 5.41) is 0. The van der Waals surface area contributed by atoms with Crippen LogP contribution < -0.4 is 4.72 Å². The van der Waals surface area contributed by atoms with E-state index in [4.69, 9.17) is 4.42 Å². The van der Waals surface area contributed by atoms with Crippen molar-refractivity contribution >= 4 is 17.1 Å². The molecule has 1 rings (SSSR count). The minimum atomic E-state index is -4.52. The summed E-state index contributed by atoms with van der Waals surface area (Å²) in [6.07, 6.45) is -1.07. The van der Waals surface area contributed by atoms with Gasteiger partial charge in [0.2, 0.25) is 0 Å². The monoisotopic (exact) mass is 295 g/mol. The van der Waals surface area contributed by atoms with Gasteiger partial charge in [-0.3, -0.25) is 0 Å². The highest BCUT2D eigenvalue weighted by atomic mass is 32.2. The van der Waals surface area contributed by atoms with Crippen LogP contribution in [0.3, 0.4) is 0 Å². The van der Waals surface area contributed by atoms with Crippen LogP contribution in [-0.2, 0) is 11.0 Å². The zero-order chi connectivity index (χ0) is 14.7. The lowest BCUT2D eigenvalue weighted by molar-refractivity contribution is -0.139. The summed E-state index contributed by atoms with van der Waals surface area (Å²) < 4.78 is 56.4. The van der Waals surface area contributed by atoms with Crippen LogP contribution >= 0.6 is 0 Å². The highest BCUT2D eigenvalue weighted by Crippen LogP contribution is 2.23. The Balaban J connectivity index is 2.82. The molecule has 0 aliphatic rings. The molecule has 0 aromatic carbocycles. The van der Waals surface area contributed by atoms with Gasteiger partial charge in [0.15, 0.2) is 0 Å². The second-order valence-electron chi connectivity index (χ2n) is 4.89. The summed E-state index contributed by atoms with van der Waals surface area (Å²) in [6.45, 7) is 4.79. The summed E-state index contributed by atoms with van der Waals surface area (Å²) >= 11 is 0. The summed E-state index contributed by atoms with van der Waals surface area (Å²) in [4.78, 5) is 0. The van der Waals surface area contributed by atoms with Crippen LogP contribution in [-0.4, -0.2) is 21.2 Å². The number of alkyl halides is 3. The number of halogens is 3. The van der Waals surface area contributed by atoms with Crippen molar-refractivity contribution in [2.75, 3.05) is 0 Å². The van der Waals surface area contributed by atoms with Crippen LogP contribution in [0.25, 0.3) is 6.08 Å². The van der Waals surface area contributed by atoms with Gasteiger partial charge in [-0.05, 0) is 39.0 Å². The molecule has 3 nitrogen and oxygen atoms in total. The van der Waals surface area contributed by atoms with E-state index in [0.717, 1.165) is 6.08 Å². The van der Waals surface area contributed by atoms with E-state index in [-0.39, 0.29) is 0 Å². The van der Waals surface area contributed by atoms with Crippen molar-refractivity contribution < 1.29 is 21.8 Å². The zero-order valence-electron chi connectivity index (χ0n) is 10.8. The average molecular weight is 295 g/mol. The molecule has 1 N–H and O–H groups in total. The van der Waals surface area contributed by atoms with Gasteiger partial charge in [0.1, 0.15) is 11.8 Å². The average Bonchev–Trinajstić information content (AvgIpc) is 2.73. The first-order chi connectivity index (χ1) is 8.60. The van der Waals surface area contributed by atoms with Gasteiger partial charge in [-0.15, -0.1) is 0 Å². The minimum Gasteiger partial charge on any atom is -0.465 e. The fourth-order valence-electron chi connectivity index (χ4n) is 1.08. The highest BCUT2D eigenvalue weighted by molar-refractivity contribution is 7.84. The number of hydrogen-bond acceptors (Lipinski definition) is 2. The molecule has 0 fully saturated rings. The maximum atomic E-state index is 12.8. The standard InChI is InChI=1S/C12H16F3NO2S/c1-11(2,3)19(17)16-10(12(13,14)15)7-6-9-5-4-8-18-9/h4-8,10,16H,1-3H3/b7-6+/t10-,19+/m0/s1. The third kappa shape index (κ3) is 5.20. The summed E-state index contributed by atoms with van der Waals surface area (Å²) in [5.41, 5.74) is 0. The normalized spacial score (nSPS) is 16.7. The van der Waals surface area contributed by atoms with Crippen molar-refractivity contribution in [3.63, 3.8) is 0 Å². The van der Waals surface area contributed by atoms with Crippen LogP contribution in [0, 0.1) is 0 Å². The Morgan fingerprint density at radius 2 is 2.00 bits per heavy atom. The predicted molar refractivity (Wildman–Crippen MR) is 68.6 cm³/mol. The topological polar surface area (TPSA) is 42.2 Å². The van der Waals surface area contributed by atoms with E-state index in [1.54, 1.807) is 26.8 Å². The Kier molecular flexibility index (Phi) is 4.98. The fraction of sp³-hybridized carbons (Fsp3) is 0.500. The molecule has 7 heteroatoms. The summed E-state index contributed by atoms with van der Waals surface area (Å²) in [7, 11) is -1.81. The predicted octanol–water partition coefficient (Wildman–Crippen LogP) is 3.28. The van der Waals surface area contributed by atoms with Crippen LogP contribution in [0.4, 0.5) is 13.2 Å². The molecule has 0 saturated heterocycles. The first kappa shape index (κ1) is 16.0. The van der Waals surface area contributed by atoms with Crippen molar-refractivity contribution in [1.29, 1.82) is 0 Å². The molecule has 19 heavy (non-hydrogen) atoms. The Bertz CT molecular complexity index is 447. The first-order valence-electron chi connectivity index (χ1n) is 5.57. The maximum Gasteiger partial charge on any atom is 0.408 e. The second-order valence-corrected chi connectivity index (χ2v) is 6.89. The molecular formula is C12H16F3NO2S. The Hall–Kier alpha value is -1.08. The van der Waals surface area contributed by atoms with Gasteiger partial charge in [0.05, 0.1) is 22.0 Å². The SMILES string of the molecule is CC(C)(C)[S@@](=O)N[C@@H](/C=C/c1ccco1)C(F)(F)F. The van der Waals surface area contributed by atoms with Crippen LogP contribution in [0.15, 0.2) is 28.9 Å². The van der Waals surface area contributed by atoms with E-state index in [9.17, 15) is 17.4 Å². The van der Waals surface area contributed by atoms with Gasteiger partial charge in [-0.25, -0.2) is 8.93 Å². The third-order valence-corrected chi connectivity index (χ3v) is 3.72. The summed E-state index contributed by atoms with van der Waals surface area (Å²) in [5.74, 6) is 0.303. The fourth-order valence-corrected chi connectivity index (χ4v) is 1.88. The van der Waals surface area contributed by atoms with Gasteiger partial charge in [-0.2, -0.15) is 13.2 Å². The van der Waals surface area contributed by atoms with Crippen LogP contribution in [0.2, 0.25) is 0 Å². The van der Waals surface area contributed by atoms with Gasteiger partial charge >= 0.3 is 6.18 Å². The Morgan fingerprint density at radius 3 is 2.42 bits per heavy atom. The molecule has 1 aromatic heterocycles. The van der Waals surface area contributed by atoms with Crippen molar-refractivity contribution in [3.05, 3.63) is 30.2 Å². The Morgan fingerprint density at radius 1 is 1.37 bits per heavy atom. The van der Waals surface area contributed by atoms with Gasteiger partial charge < -0.3 is 4.42 Å². The number of nitrogens with one attached hydrogen (secondary N) is 1. The smallest absolute Gasteiger partial charge is 0.408 e. The number of hydrogen-bond donors (Lipinski definition) is 1. The van der Waals surface area contributed by atoms with E-state index in [1.165, 1.54) is 18.4 Å². The molecule has 0 aliphatic heterocycles. The molecular weight excluding hydrogens is 279 g/mol. The van der Waals surface area contributed by atoms with Crippen molar-refractivity contribution in [2.45, 2.75) is 37.7 Å². The molecule has 2 atom stereocenters. The largest absolute Gasteiger partial charge is 0.465 e. The molecule has 0 spiro atoms. The number of rotatable bonds is 4. The van der Waals surface area contributed by atoms with Gasteiger partial charge in [0.25, 0.3) is 0 Å². The molecule has 108 valence electrons. The lowest BCUT2D eigenvalue weighted by atomic mass is 10.2. The summed E-state index contributed by atoms with van der Waals surface area (Å²) in [6, 6.07) is 1.12. The van der Waals surface area contributed by atoms with Crippen LogP contribution in [0.5, 0.6) is 0 Å². The lowest BCUT2D eigenvalue weighted by Crippen LogP contribution is -2.46. The molecule has 0 unspecified atom stereocenters. The molecule has 0 bridgehead atoms. The third-order valence-electron chi connectivity index (χ3n) is 2.14. The first-order valence-corrected chi connectivity index (χ1v) is 6.72. The molecule has 1 heterocycles. The minimum absolute atomic E-state index is 0.303. The molecule has 0 saturated carbocycles. The molecule has 0 amide bonds. The van der Waals surface area contributed by atoms with Gasteiger partial charge in [-0.1, -0.05) is 6.08 Å². The van der Waals surface area contributed by atoms with E-state index in [1.807, 2.05) is 0 Å². The van der Waals surface area contributed by atoms with E-state index >= 15 is 0 Å². The van der Waals surface area contributed by atoms with Crippen molar-refractivity contribution in [1.82, 2.24) is 4.72 Å². The second kappa shape index (κ2) is 5.92. The molecule has 0 radical (unpaired) electrons. The number of furan rings is 1. The molecule has 0 aliphatic carbocycles. The van der Waals surface area contributed by atoms with Crippen molar-refractivity contribution in [3.8, 4) is 0 Å². The lowest BCUT2D eigenvalue weighted by Gasteiger charge is -2.23.